The molecule has 4 nitrogen and oxygen atoms in total. The highest BCUT2D eigenvalue weighted by molar-refractivity contribution is 5.83. The van der Waals surface area contributed by atoms with E-state index in [1.54, 1.807) is 0 Å². The third-order valence-corrected chi connectivity index (χ3v) is 6.37. The predicted molar refractivity (Wildman–Crippen MR) is 108 cm³/mol. The summed E-state index contributed by atoms with van der Waals surface area (Å²) in [6.07, 6.45) is 6.93. The van der Waals surface area contributed by atoms with E-state index in [1.807, 2.05) is 11.8 Å². The fraction of sp³-hybridized carbons (Fsp3) is 0.652. The molecule has 2 aliphatic rings. The summed E-state index contributed by atoms with van der Waals surface area (Å²) < 4.78 is 0. The van der Waals surface area contributed by atoms with Crippen LogP contribution in [0.15, 0.2) is 24.3 Å². The molecule has 2 fully saturated rings. The maximum atomic E-state index is 13.3. The lowest BCUT2D eigenvalue weighted by atomic mass is 9.86. The number of nitrogens with one attached hydrogen (secondary N) is 1. The Bertz CT molecular complexity index is 666. The fourth-order valence-corrected chi connectivity index (χ4v) is 4.52. The quantitative estimate of drug-likeness (QED) is 0.836. The third-order valence-electron chi connectivity index (χ3n) is 6.37. The summed E-state index contributed by atoms with van der Waals surface area (Å²) in [5.74, 6) is 0.426. The van der Waals surface area contributed by atoms with Crippen LogP contribution in [-0.4, -0.2) is 29.3 Å². The summed E-state index contributed by atoms with van der Waals surface area (Å²) in [6.45, 7) is 6.77. The number of rotatable bonds is 5. The van der Waals surface area contributed by atoms with Crippen LogP contribution in [0.25, 0.3) is 0 Å². The van der Waals surface area contributed by atoms with Crippen LogP contribution in [0.2, 0.25) is 0 Å². The standard InChI is InChI=1S/C23H34N2O2/c1-4-17(3)24-22(26)20-12-13-21(19-11-7-8-16(2)14-19)25(15-20)23(27)18-9-5-6-10-18/h7-8,11,14,17-18,20-21H,4-6,9-10,12-13,15H2,1-3H3,(H,24,26)/t17-,20-,21-/m0/s1. The van der Waals surface area contributed by atoms with Gasteiger partial charge in [0.1, 0.15) is 0 Å². The lowest BCUT2D eigenvalue weighted by Gasteiger charge is -2.41. The molecular weight excluding hydrogens is 336 g/mol. The number of hydrogen-bond donors (Lipinski definition) is 1. The molecule has 0 radical (unpaired) electrons. The second kappa shape index (κ2) is 8.90. The van der Waals surface area contributed by atoms with E-state index >= 15 is 0 Å². The van der Waals surface area contributed by atoms with Gasteiger partial charge in [0, 0.05) is 18.5 Å². The first-order valence-electron chi connectivity index (χ1n) is 10.7. The zero-order valence-corrected chi connectivity index (χ0v) is 17.0. The van der Waals surface area contributed by atoms with Crippen molar-refractivity contribution in [3.05, 3.63) is 35.4 Å². The average molecular weight is 371 g/mol. The van der Waals surface area contributed by atoms with Crippen molar-refractivity contribution in [1.82, 2.24) is 10.2 Å². The zero-order chi connectivity index (χ0) is 19.4. The molecule has 1 aromatic rings. The molecular formula is C23H34N2O2. The largest absolute Gasteiger partial charge is 0.353 e. The van der Waals surface area contributed by atoms with Crippen LogP contribution >= 0.6 is 0 Å². The van der Waals surface area contributed by atoms with Crippen molar-refractivity contribution in [2.75, 3.05) is 6.54 Å². The molecule has 1 saturated heterocycles. The van der Waals surface area contributed by atoms with E-state index in [9.17, 15) is 9.59 Å². The Morgan fingerprint density at radius 1 is 1.15 bits per heavy atom. The van der Waals surface area contributed by atoms with Gasteiger partial charge in [0.25, 0.3) is 0 Å². The Hall–Kier alpha value is -1.84. The van der Waals surface area contributed by atoms with Crippen molar-refractivity contribution in [2.45, 2.75) is 77.8 Å². The molecule has 1 N–H and O–H groups in total. The van der Waals surface area contributed by atoms with Gasteiger partial charge in [-0.3, -0.25) is 9.59 Å². The van der Waals surface area contributed by atoms with Crippen LogP contribution in [-0.2, 0) is 9.59 Å². The molecule has 0 spiro atoms. The Kier molecular flexibility index (Phi) is 6.56. The van der Waals surface area contributed by atoms with Crippen molar-refractivity contribution in [1.29, 1.82) is 0 Å². The minimum atomic E-state index is -0.0922. The van der Waals surface area contributed by atoms with Gasteiger partial charge in [0.15, 0.2) is 0 Å². The van der Waals surface area contributed by atoms with E-state index in [4.69, 9.17) is 0 Å². The maximum Gasteiger partial charge on any atom is 0.226 e. The van der Waals surface area contributed by atoms with Crippen molar-refractivity contribution in [3.8, 4) is 0 Å². The van der Waals surface area contributed by atoms with Crippen molar-refractivity contribution in [2.24, 2.45) is 11.8 Å². The van der Waals surface area contributed by atoms with Gasteiger partial charge in [0.2, 0.25) is 11.8 Å². The molecule has 0 bridgehead atoms. The summed E-state index contributed by atoms with van der Waals surface area (Å²) in [4.78, 5) is 28.1. The minimum absolute atomic E-state index is 0.0922. The third kappa shape index (κ3) is 4.72. The molecule has 3 atom stereocenters. The van der Waals surface area contributed by atoms with Gasteiger partial charge in [-0.05, 0) is 51.5 Å². The number of aryl methyl sites for hydroxylation is 1. The molecule has 148 valence electrons. The molecule has 1 heterocycles. The van der Waals surface area contributed by atoms with Crippen LogP contribution in [0.3, 0.4) is 0 Å². The van der Waals surface area contributed by atoms with E-state index in [-0.39, 0.29) is 35.7 Å². The summed E-state index contributed by atoms with van der Waals surface area (Å²) in [7, 11) is 0. The zero-order valence-electron chi connectivity index (χ0n) is 17.0. The highest BCUT2D eigenvalue weighted by atomic mass is 16.2. The summed E-state index contributed by atoms with van der Waals surface area (Å²) in [5.41, 5.74) is 2.43. The van der Waals surface area contributed by atoms with E-state index in [0.29, 0.717) is 6.54 Å². The van der Waals surface area contributed by atoms with E-state index in [1.165, 1.54) is 11.1 Å². The van der Waals surface area contributed by atoms with Crippen LogP contribution in [0, 0.1) is 18.8 Å². The SMILES string of the molecule is CC[C@H](C)NC(=O)[C@H]1CC[C@@H](c2cccc(C)c2)N(C(=O)C2CCCC2)C1. The lowest BCUT2D eigenvalue weighted by molar-refractivity contribution is -0.142. The van der Waals surface area contributed by atoms with Gasteiger partial charge >= 0.3 is 0 Å². The monoisotopic (exact) mass is 370 g/mol. The Labute approximate surface area is 163 Å². The summed E-state index contributed by atoms with van der Waals surface area (Å²) in [5, 5.41) is 3.12. The van der Waals surface area contributed by atoms with Crippen LogP contribution in [0.4, 0.5) is 0 Å². The number of piperidine rings is 1. The van der Waals surface area contributed by atoms with Crippen LogP contribution in [0.5, 0.6) is 0 Å². The molecule has 0 aromatic heterocycles. The molecule has 2 amide bonds. The molecule has 4 heteroatoms. The minimum Gasteiger partial charge on any atom is -0.353 e. The molecule has 0 unspecified atom stereocenters. The van der Waals surface area contributed by atoms with Gasteiger partial charge < -0.3 is 10.2 Å². The summed E-state index contributed by atoms with van der Waals surface area (Å²) >= 11 is 0. The molecule has 1 aliphatic carbocycles. The van der Waals surface area contributed by atoms with Gasteiger partial charge in [-0.25, -0.2) is 0 Å². The number of carbonyl (C=O) groups is 2. The van der Waals surface area contributed by atoms with Crippen molar-refractivity contribution < 1.29 is 9.59 Å². The first-order valence-corrected chi connectivity index (χ1v) is 10.7. The highest BCUT2D eigenvalue weighted by Gasteiger charge is 2.38. The number of likely N-dealkylation sites (tertiary alicyclic amines) is 1. The van der Waals surface area contributed by atoms with E-state index in [2.05, 4.69) is 43.4 Å². The first kappa shape index (κ1) is 19.9. The summed E-state index contributed by atoms with van der Waals surface area (Å²) in [6, 6.07) is 8.78. The number of carbonyl (C=O) groups excluding carboxylic acids is 2. The highest BCUT2D eigenvalue weighted by Crippen LogP contribution is 2.37. The van der Waals surface area contributed by atoms with Crippen LogP contribution < -0.4 is 5.32 Å². The molecule has 1 saturated carbocycles. The number of hydrogen-bond acceptors (Lipinski definition) is 2. The second-order valence-corrected chi connectivity index (χ2v) is 8.49. The van der Waals surface area contributed by atoms with Gasteiger partial charge in [0.05, 0.1) is 12.0 Å². The van der Waals surface area contributed by atoms with Gasteiger partial charge in [-0.15, -0.1) is 0 Å². The molecule has 1 aromatic carbocycles. The molecule has 1 aliphatic heterocycles. The number of amides is 2. The number of benzene rings is 1. The van der Waals surface area contributed by atoms with Gasteiger partial charge in [-0.1, -0.05) is 49.6 Å². The average Bonchev–Trinajstić information content (AvgIpc) is 3.21. The Balaban J connectivity index is 1.79. The van der Waals surface area contributed by atoms with Crippen molar-refractivity contribution >= 4 is 11.8 Å². The predicted octanol–water partition coefficient (Wildman–Crippen LogP) is 4.38. The first-order chi connectivity index (χ1) is 13.0. The maximum absolute atomic E-state index is 13.3. The molecule has 3 rings (SSSR count). The van der Waals surface area contributed by atoms with Gasteiger partial charge in [-0.2, -0.15) is 0 Å². The normalized spacial score (nSPS) is 24.6. The van der Waals surface area contributed by atoms with E-state index < -0.39 is 0 Å². The fourth-order valence-electron chi connectivity index (χ4n) is 4.52. The van der Waals surface area contributed by atoms with E-state index in [0.717, 1.165) is 44.9 Å². The Morgan fingerprint density at radius 2 is 1.89 bits per heavy atom. The second-order valence-electron chi connectivity index (χ2n) is 8.49. The lowest BCUT2D eigenvalue weighted by Crippen LogP contribution is -2.49. The smallest absolute Gasteiger partial charge is 0.226 e. The van der Waals surface area contributed by atoms with Crippen molar-refractivity contribution in [3.63, 3.8) is 0 Å². The number of nitrogens with zero attached hydrogens (tertiary/aromatic N) is 1. The van der Waals surface area contributed by atoms with Crippen LogP contribution in [0.1, 0.15) is 76.0 Å². The molecule has 27 heavy (non-hydrogen) atoms. The Morgan fingerprint density at radius 3 is 2.56 bits per heavy atom. The topological polar surface area (TPSA) is 49.4 Å².